The predicted octanol–water partition coefficient (Wildman–Crippen LogP) is 3.60. The van der Waals surface area contributed by atoms with Gasteiger partial charge in [0.05, 0.1) is 0 Å². The molecule has 0 atom stereocenters. The predicted molar refractivity (Wildman–Crippen MR) is 75.8 cm³/mol. The van der Waals surface area contributed by atoms with Gasteiger partial charge in [-0.05, 0) is 25.7 Å². The molecular weight excluding hydrogens is 220 g/mol. The van der Waals surface area contributed by atoms with Gasteiger partial charge in [0.25, 0.3) is 0 Å². The number of hydrogen-bond donors (Lipinski definition) is 0. The van der Waals surface area contributed by atoms with Crippen LogP contribution in [-0.2, 0) is 0 Å². The third kappa shape index (κ3) is 3.08. The van der Waals surface area contributed by atoms with Gasteiger partial charge in [0.15, 0.2) is 0 Å². The Balaban J connectivity index is 1.45. The van der Waals surface area contributed by atoms with Crippen LogP contribution in [0.25, 0.3) is 0 Å². The molecule has 2 nitrogen and oxygen atoms in total. The lowest BCUT2D eigenvalue weighted by Gasteiger charge is -2.43. The van der Waals surface area contributed by atoms with Crippen LogP contribution in [0.15, 0.2) is 0 Å². The van der Waals surface area contributed by atoms with E-state index in [4.69, 9.17) is 0 Å². The SMILES string of the molecule is C1CC[C](N2CCN([C]3CCCCC3)CC2)CC1. The van der Waals surface area contributed by atoms with E-state index in [0.717, 1.165) is 0 Å². The highest BCUT2D eigenvalue weighted by atomic mass is 15.3. The Kier molecular flexibility index (Phi) is 4.58. The molecule has 0 unspecified atom stereocenters. The molecule has 0 amide bonds. The third-order valence-corrected chi connectivity index (χ3v) is 5.04. The van der Waals surface area contributed by atoms with Crippen molar-refractivity contribution in [1.82, 2.24) is 9.80 Å². The molecule has 1 saturated heterocycles. The summed E-state index contributed by atoms with van der Waals surface area (Å²) in [5, 5.41) is 0. The highest BCUT2D eigenvalue weighted by molar-refractivity contribution is 4.99. The Hall–Kier alpha value is -0.0800. The van der Waals surface area contributed by atoms with Crippen LogP contribution in [0, 0.1) is 12.1 Å². The van der Waals surface area contributed by atoms with E-state index in [-0.39, 0.29) is 0 Å². The fraction of sp³-hybridized carbons (Fsp3) is 0.875. The molecule has 2 heteroatoms. The summed E-state index contributed by atoms with van der Waals surface area (Å²) in [7, 11) is 0. The van der Waals surface area contributed by atoms with Crippen LogP contribution in [0.3, 0.4) is 0 Å². The van der Waals surface area contributed by atoms with E-state index in [9.17, 15) is 0 Å². The summed E-state index contributed by atoms with van der Waals surface area (Å²) in [4.78, 5) is 5.41. The number of piperazine rings is 1. The molecule has 102 valence electrons. The first kappa shape index (κ1) is 12.9. The van der Waals surface area contributed by atoms with Crippen molar-refractivity contribution in [2.75, 3.05) is 26.2 Å². The van der Waals surface area contributed by atoms with Crippen LogP contribution >= 0.6 is 0 Å². The quantitative estimate of drug-likeness (QED) is 0.737. The van der Waals surface area contributed by atoms with Crippen LogP contribution in [0.5, 0.6) is 0 Å². The second kappa shape index (κ2) is 6.38. The number of rotatable bonds is 2. The summed E-state index contributed by atoms with van der Waals surface area (Å²) in [5.41, 5.74) is 0. The maximum atomic E-state index is 2.71. The van der Waals surface area contributed by atoms with E-state index in [1.807, 2.05) is 0 Å². The summed E-state index contributed by atoms with van der Waals surface area (Å²) in [6.07, 6.45) is 14.2. The Morgan fingerprint density at radius 1 is 0.444 bits per heavy atom. The fourth-order valence-electron chi connectivity index (χ4n) is 3.89. The molecule has 3 aliphatic rings. The van der Waals surface area contributed by atoms with Crippen molar-refractivity contribution in [2.45, 2.75) is 64.2 Å². The van der Waals surface area contributed by atoms with Gasteiger partial charge in [-0.2, -0.15) is 0 Å². The van der Waals surface area contributed by atoms with E-state index in [2.05, 4.69) is 9.80 Å². The molecule has 2 aliphatic carbocycles. The van der Waals surface area contributed by atoms with Crippen molar-refractivity contribution in [3.05, 3.63) is 12.1 Å². The van der Waals surface area contributed by atoms with E-state index in [0.29, 0.717) is 0 Å². The molecule has 0 aromatic carbocycles. The lowest BCUT2D eigenvalue weighted by atomic mass is 9.92. The maximum Gasteiger partial charge on any atom is 0.0394 e. The molecule has 3 rings (SSSR count). The van der Waals surface area contributed by atoms with Gasteiger partial charge >= 0.3 is 0 Å². The highest BCUT2D eigenvalue weighted by Gasteiger charge is 2.29. The summed E-state index contributed by atoms with van der Waals surface area (Å²) in [6, 6.07) is 3.55. The molecule has 0 aromatic rings. The second-order valence-electron chi connectivity index (χ2n) is 6.23. The first-order chi connectivity index (χ1) is 8.93. The van der Waals surface area contributed by atoms with Gasteiger partial charge in [-0.3, -0.25) is 9.80 Å². The van der Waals surface area contributed by atoms with Gasteiger partial charge in [0, 0.05) is 38.3 Å². The van der Waals surface area contributed by atoms with Gasteiger partial charge in [-0.15, -0.1) is 0 Å². The molecule has 0 aromatic heterocycles. The molecule has 18 heavy (non-hydrogen) atoms. The van der Waals surface area contributed by atoms with Crippen molar-refractivity contribution in [3.63, 3.8) is 0 Å². The summed E-state index contributed by atoms with van der Waals surface area (Å²) in [6.45, 7) is 5.16. The average Bonchev–Trinajstić information content (AvgIpc) is 2.49. The van der Waals surface area contributed by atoms with Gasteiger partial charge in [0.1, 0.15) is 0 Å². The van der Waals surface area contributed by atoms with Crippen molar-refractivity contribution in [3.8, 4) is 0 Å². The summed E-state index contributed by atoms with van der Waals surface area (Å²) < 4.78 is 0. The maximum absolute atomic E-state index is 2.71. The van der Waals surface area contributed by atoms with Crippen LogP contribution in [0.4, 0.5) is 0 Å². The average molecular weight is 248 g/mol. The Bertz CT molecular complexity index is 207. The van der Waals surface area contributed by atoms with Crippen LogP contribution in [0.1, 0.15) is 64.2 Å². The van der Waals surface area contributed by atoms with Crippen LogP contribution in [-0.4, -0.2) is 36.0 Å². The smallest absolute Gasteiger partial charge is 0.0394 e. The molecule has 1 heterocycles. The van der Waals surface area contributed by atoms with Crippen molar-refractivity contribution in [2.24, 2.45) is 0 Å². The zero-order valence-corrected chi connectivity index (χ0v) is 11.8. The summed E-state index contributed by atoms with van der Waals surface area (Å²) >= 11 is 0. The molecule has 3 fully saturated rings. The fourth-order valence-corrected chi connectivity index (χ4v) is 3.89. The first-order valence-electron chi connectivity index (χ1n) is 8.13. The van der Waals surface area contributed by atoms with Crippen molar-refractivity contribution in [1.29, 1.82) is 0 Å². The molecule has 2 radical (unpaired) electrons. The minimum absolute atomic E-state index is 1.29. The van der Waals surface area contributed by atoms with E-state index < -0.39 is 0 Å². The Morgan fingerprint density at radius 3 is 1.11 bits per heavy atom. The summed E-state index contributed by atoms with van der Waals surface area (Å²) in [5.74, 6) is 0. The number of nitrogens with zero attached hydrogens (tertiary/aromatic N) is 2. The molecular formula is C16H28N2. The van der Waals surface area contributed by atoms with Crippen molar-refractivity contribution < 1.29 is 0 Å². The Labute approximate surface area is 113 Å². The zero-order chi connectivity index (χ0) is 12.2. The van der Waals surface area contributed by atoms with Gasteiger partial charge < -0.3 is 0 Å². The molecule has 0 N–H and O–H groups in total. The largest absolute Gasteiger partial charge is 0.293 e. The molecule has 2 saturated carbocycles. The molecule has 0 spiro atoms. The standard InChI is InChI=1S/C16H28N2/c1-3-7-15(8-4-1)17-11-13-18(14-12-17)16-9-5-2-6-10-16/h1-14H2. The Morgan fingerprint density at radius 2 is 0.778 bits per heavy atom. The van der Waals surface area contributed by atoms with E-state index in [1.165, 1.54) is 90.4 Å². The van der Waals surface area contributed by atoms with Gasteiger partial charge in [0.2, 0.25) is 0 Å². The zero-order valence-electron chi connectivity index (χ0n) is 11.8. The minimum atomic E-state index is 1.29. The van der Waals surface area contributed by atoms with Gasteiger partial charge in [-0.1, -0.05) is 38.5 Å². The second-order valence-corrected chi connectivity index (χ2v) is 6.23. The van der Waals surface area contributed by atoms with E-state index >= 15 is 0 Å². The lowest BCUT2D eigenvalue weighted by molar-refractivity contribution is 0.115. The first-order valence-corrected chi connectivity index (χ1v) is 8.13. The van der Waals surface area contributed by atoms with Crippen LogP contribution < -0.4 is 0 Å². The lowest BCUT2D eigenvalue weighted by Crippen LogP contribution is -2.49. The normalized spacial score (nSPS) is 30.7. The number of hydrogen-bond acceptors (Lipinski definition) is 2. The van der Waals surface area contributed by atoms with Gasteiger partial charge in [-0.25, -0.2) is 0 Å². The van der Waals surface area contributed by atoms with E-state index in [1.54, 1.807) is 12.1 Å². The van der Waals surface area contributed by atoms with Crippen molar-refractivity contribution >= 4 is 0 Å². The highest BCUT2D eigenvalue weighted by Crippen LogP contribution is 2.33. The minimum Gasteiger partial charge on any atom is -0.293 e. The topological polar surface area (TPSA) is 6.48 Å². The molecule has 1 aliphatic heterocycles. The molecule has 0 bridgehead atoms. The monoisotopic (exact) mass is 248 g/mol. The third-order valence-electron chi connectivity index (χ3n) is 5.04. The van der Waals surface area contributed by atoms with Crippen LogP contribution in [0.2, 0.25) is 0 Å².